The molecule has 0 heterocycles. The molecule has 0 aromatic carbocycles. The van der Waals surface area contributed by atoms with Crippen LogP contribution in [0.25, 0.3) is 0 Å². The van der Waals surface area contributed by atoms with E-state index in [2.05, 4.69) is 5.32 Å². The molecule has 0 saturated carbocycles. The zero-order valence-corrected chi connectivity index (χ0v) is 73.9. The van der Waals surface area contributed by atoms with E-state index in [9.17, 15) is 135 Å². The number of carbonyl (C=O) groups is 7. The number of amides is 1. The molecule has 35 nitrogen and oxygen atoms in total. The van der Waals surface area contributed by atoms with Crippen molar-refractivity contribution in [2.45, 2.75) is 273 Å². The minimum Gasteiger partial charge on any atom is -0.464 e. The van der Waals surface area contributed by atoms with E-state index in [1.807, 2.05) is 0 Å². The van der Waals surface area contributed by atoms with Crippen LogP contribution in [-0.2, 0) is 124 Å². The van der Waals surface area contributed by atoms with Crippen molar-refractivity contribution in [3.63, 3.8) is 0 Å². The van der Waals surface area contributed by atoms with Gasteiger partial charge >= 0.3 is 127 Å². The number of carbonyl (C=O) groups excluding carboxylic acids is 7. The molecule has 0 aliphatic rings. The van der Waals surface area contributed by atoms with Crippen LogP contribution in [0.3, 0.4) is 0 Å². The van der Waals surface area contributed by atoms with Crippen molar-refractivity contribution in [2.24, 2.45) is 38.4 Å². The van der Waals surface area contributed by atoms with E-state index in [0.717, 1.165) is 0 Å². The maximum atomic E-state index is 13.1. The zero-order valence-electron chi connectivity index (χ0n) is 69.0. The summed E-state index contributed by atoms with van der Waals surface area (Å²) in [6.07, 6.45) is -13.2. The summed E-state index contributed by atoms with van der Waals surface area (Å²) >= 11 is 0. The highest BCUT2D eigenvalue weighted by Crippen LogP contribution is 2.46. The molecule has 0 aromatic rings. The fourth-order valence-corrected chi connectivity index (χ4v) is 12.4. The third-order valence-electron chi connectivity index (χ3n) is 17.3. The van der Waals surface area contributed by atoms with E-state index in [4.69, 9.17) is 71.4 Å². The number of hydrogen-bond donors (Lipinski definition) is 7. The number of alkyl halides is 15. The smallest absolute Gasteiger partial charge is 0.464 e. The number of hydrogen-bond acceptors (Lipinski definition) is 31. The van der Waals surface area contributed by atoms with Crippen LogP contribution in [0.4, 0.5) is 65.9 Å². The predicted octanol–water partition coefficient (Wildman–Crippen LogP) is 7.68. The number of halogens is 15. The maximum Gasteiger partial charge on any atom is 0.511 e. The minimum atomic E-state index is -5.61. The molecule has 712 valence electrons. The van der Waals surface area contributed by atoms with Crippen molar-refractivity contribution in [3.05, 3.63) is 0 Å². The lowest BCUT2D eigenvalue weighted by molar-refractivity contribution is -0.261. The Kier molecular flexibility index (Phi) is 53.1. The van der Waals surface area contributed by atoms with Gasteiger partial charge in [0.25, 0.3) is 0 Å². The van der Waals surface area contributed by atoms with Crippen LogP contribution in [-0.4, -0.2) is 231 Å². The molecule has 1 amide bonds. The largest absolute Gasteiger partial charge is 0.511 e. The Morgan fingerprint density at radius 2 is 0.592 bits per heavy atom. The molecular weight excluding hydrogens is 1800 g/mol. The van der Waals surface area contributed by atoms with E-state index >= 15 is 0 Å². The highest BCUT2D eigenvalue weighted by molar-refractivity contribution is 7.90. The van der Waals surface area contributed by atoms with E-state index in [1.54, 1.807) is 69.2 Å². The number of aliphatic hydroxyl groups is 3. The Morgan fingerprint density at radius 1 is 0.367 bits per heavy atom. The van der Waals surface area contributed by atoms with Crippen LogP contribution in [0.5, 0.6) is 0 Å². The Morgan fingerprint density at radius 3 is 0.808 bits per heavy atom. The van der Waals surface area contributed by atoms with E-state index in [-0.39, 0.29) is 70.3 Å². The lowest BCUT2D eigenvalue weighted by atomic mass is 9.68. The number of nitrogens with one attached hydrogen (secondary N) is 4. The van der Waals surface area contributed by atoms with Crippen LogP contribution in [0.15, 0.2) is 0 Å². The van der Waals surface area contributed by atoms with Gasteiger partial charge in [-0.3, -0.25) is 33.6 Å². The summed E-state index contributed by atoms with van der Waals surface area (Å²) in [5.74, 6) is -6.26. The number of esters is 6. The molecular formula is C64H109F15N4O31S6. The Labute approximate surface area is 690 Å². The van der Waals surface area contributed by atoms with Crippen molar-refractivity contribution in [1.82, 2.24) is 19.5 Å². The summed E-state index contributed by atoms with van der Waals surface area (Å²) in [5, 5.41) is 31.0. The second kappa shape index (κ2) is 51.2. The van der Waals surface area contributed by atoms with Crippen molar-refractivity contribution in [1.29, 1.82) is 0 Å². The third kappa shape index (κ3) is 47.5. The molecule has 7 N–H and O–H groups in total. The first kappa shape index (κ1) is 125. The molecule has 0 spiro atoms. The molecule has 0 aromatic heterocycles. The fraction of sp³-hybridized carbons (Fsp3) is 0.891. The minimum absolute atomic E-state index is 0.0785. The monoisotopic (exact) mass is 1910 g/mol. The standard InChI is InChI=1S/C22H39F3N2O8S.2C21H35F6NO7S.3O3S/c1-8-20(6,17(30)35-12-10-28)14-21(7,13-15(2)16(29)27-19(3,4)5)18(31)34-11-9-26-36(32,33)22(23,24)25;2*1-7-9-18(5,15(29)34-11-10-28-36(32,33)21(25,26)27)13-17(4,8-2)16(30)35-14(3)12-19(6,31)20(22,23)24;3*1-4(2)3/h15,26,28H,8-14H2,1-7H3,(H,27,29);2*14,28,31H,7-13H2,1-6H3;;;. The fourth-order valence-electron chi connectivity index (χ4n) is 10.8. The van der Waals surface area contributed by atoms with Gasteiger partial charge < -0.3 is 49.1 Å². The van der Waals surface area contributed by atoms with Crippen LogP contribution >= 0.6 is 0 Å². The second-order valence-corrected chi connectivity index (χ2v) is 36.6. The van der Waals surface area contributed by atoms with Crippen molar-refractivity contribution in [2.75, 3.05) is 52.7 Å². The average molecular weight is 1910 g/mol. The number of ether oxygens (including phenoxy) is 6. The van der Waals surface area contributed by atoms with Gasteiger partial charge in [-0.15, -0.1) is 37.9 Å². The third-order valence-corrected chi connectivity index (χ3v) is 20.9. The van der Waals surface area contributed by atoms with Gasteiger partial charge in [-0.25, -0.2) is 39.4 Å². The normalized spacial score (nSPS) is 17.0. The molecule has 0 fully saturated rings. The molecule has 120 heavy (non-hydrogen) atoms. The Bertz CT molecular complexity index is 3780. The number of rotatable bonds is 42. The van der Waals surface area contributed by atoms with Gasteiger partial charge in [-0.1, -0.05) is 54.4 Å². The summed E-state index contributed by atoms with van der Waals surface area (Å²) < 4.78 is 366. The molecule has 56 heteroatoms. The van der Waals surface area contributed by atoms with Crippen molar-refractivity contribution in [3.8, 4) is 0 Å². The summed E-state index contributed by atoms with van der Waals surface area (Å²) in [5.41, 5.74) is -31.4. The van der Waals surface area contributed by atoms with Crippen LogP contribution in [0.2, 0.25) is 0 Å². The quantitative estimate of drug-likeness (QED) is 0.0133. The SMILES string of the molecule is CCC(C)(CC(C)(CC(C)C(=O)NC(C)(C)C)C(=O)OCCNS(=O)(=O)C(F)(F)F)C(=O)OCCO.CCCC(C)(CC(C)(CC)C(=O)OC(C)CC(C)(O)C(F)(F)F)C(=O)OCCNS(=O)(=O)C(F)(F)F.CCCC(C)(CC(C)(CC)C(=O)OC(C)CC(C)(O)C(F)(F)F)C(=O)OCCNS(=O)(=O)C(F)(F)F.O=S(=O)=O.O=S(=O)=O.O=S(=O)=O. The summed E-state index contributed by atoms with van der Waals surface area (Å²) in [6.45, 7) is 22.3. The Hall–Kier alpha value is -6.29. The molecule has 11 atom stereocenters. The van der Waals surface area contributed by atoms with Gasteiger partial charge in [0.2, 0.25) is 5.91 Å². The van der Waals surface area contributed by atoms with Crippen LogP contribution in [0, 0.1) is 38.4 Å². The van der Waals surface area contributed by atoms with Gasteiger partial charge in [0.1, 0.15) is 38.6 Å². The first-order valence-electron chi connectivity index (χ1n) is 35.4. The van der Waals surface area contributed by atoms with E-state index in [1.165, 1.54) is 62.6 Å². The molecule has 0 rings (SSSR count). The molecule has 0 aliphatic carbocycles. The van der Waals surface area contributed by atoms with E-state index in [0.29, 0.717) is 26.7 Å². The Balaban J connectivity index is -0.000000378. The predicted molar refractivity (Wildman–Crippen MR) is 388 cm³/mol. The summed E-state index contributed by atoms with van der Waals surface area (Å²) in [6, 6.07) is 0. The molecule has 11 unspecified atom stereocenters. The number of aliphatic hydroxyl groups excluding tert-OH is 1. The lowest BCUT2D eigenvalue weighted by Gasteiger charge is -2.37. The van der Waals surface area contributed by atoms with Crippen LogP contribution < -0.4 is 19.5 Å². The van der Waals surface area contributed by atoms with Crippen molar-refractivity contribution >= 4 is 104 Å². The second-order valence-electron chi connectivity index (χ2n) is 30.1. The van der Waals surface area contributed by atoms with Gasteiger partial charge in [0.15, 0.2) is 11.2 Å². The van der Waals surface area contributed by atoms with Gasteiger partial charge in [0, 0.05) is 43.9 Å². The molecule has 0 aliphatic heterocycles. The molecule has 0 saturated heterocycles. The average Bonchev–Trinajstić information content (AvgIpc) is 0.815. The zero-order chi connectivity index (χ0) is 96.9. The van der Waals surface area contributed by atoms with Gasteiger partial charge in [-0.2, -0.15) is 65.9 Å². The summed E-state index contributed by atoms with van der Waals surface area (Å²) in [4.78, 5) is 89.8. The van der Waals surface area contributed by atoms with Gasteiger partial charge in [0.05, 0.1) is 39.1 Å². The first-order valence-corrected chi connectivity index (χ1v) is 42.8. The number of sulfonamides is 3. The lowest BCUT2D eigenvalue weighted by Crippen LogP contribution is -2.46. The van der Waals surface area contributed by atoms with Crippen molar-refractivity contribution < 1.29 is 206 Å². The van der Waals surface area contributed by atoms with Crippen LogP contribution in [0.1, 0.15) is 215 Å². The van der Waals surface area contributed by atoms with E-state index < -0.39 is 253 Å². The topological polar surface area (TPSA) is 540 Å². The highest BCUT2D eigenvalue weighted by Gasteiger charge is 2.55. The molecule has 0 bridgehead atoms. The van der Waals surface area contributed by atoms with Gasteiger partial charge in [-0.05, 0) is 148 Å². The maximum absolute atomic E-state index is 13.1. The molecule has 0 radical (unpaired) electrons. The highest BCUT2D eigenvalue weighted by atomic mass is 32.2. The summed E-state index contributed by atoms with van der Waals surface area (Å²) in [7, 11) is -26.2. The first-order chi connectivity index (χ1) is 53.3.